The summed E-state index contributed by atoms with van der Waals surface area (Å²) in [7, 11) is 0. The summed E-state index contributed by atoms with van der Waals surface area (Å²) in [6.45, 7) is -0.121. The minimum Gasteiger partial charge on any atom is -0.477 e. The number of aromatic amines is 1. The van der Waals surface area contributed by atoms with Gasteiger partial charge in [0.15, 0.2) is 0 Å². The fourth-order valence-electron chi connectivity index (χ4n) is 2.56. The summed E-state index contributed by atoms with van der Waals surface area (Å²) in [6, 6.07) is 12.4. The lowest BCUT2D eigenvalue weighted by Gasteiger charge is -2.10. The molecule has 0 aliphatic heterocycles. The van der Waals surface area contributed by atoms with Gasteiger partial charge in [0.05, 0.1) is 12.1 Å². The molecule has 22 heavy (non-hydrogen) atoms. The molecule has 3 N–H and O–H groups in total. The Balaban J connectivity index is 2.35. The van der Waals surface area contributed by atoms with Crippen LogP contribution in [0.4, 0.5) is 0 Å². The zero-order valence-corrected chi connectivity index (χ0v) is 11.5. The van der Waals surface area contributed by atoms with E-state index >= 15 is 0 Å². The van der Waals surface area contributed by atoms with Gasteiger partial charge >= 0.3 is 5.97 Å². The topological polar surface area (TPSA) is 90.4 Å². The Morgan fingerprint density at radius 2 is 1.77 bits per heavy atom. The van der Waals surface area contributed by atoms with Crippen molar-refractivity contribution in [3.8, 4) is 11.1 Å². The minimum absolute atomic E-state index is 0.121. The van der Waals surface area contributed by atoms with Gasteiger partial charge in [0.2, 0.25) is 5.43 Å². The van der Waals surface area contributed by atoms with Crippen molar-refractivity contribution in [1.29, 1.82) is 0 Å². The van der Waals surface area contributed by atoms with Crippen molar-refractivity contribution in [2.75, 3.05) is 0 Å². The van der Waals surface area contributed by atoms with Crippen LogP contribution in [-0.2, 0) is 6.61 Å². The van der Waals surface area contributed by atoms with Crippen molar-refractivity contribution in [3.63, 3.8) is 0 Å². The molecule has 0 unspecified atom stereocenters. The van der Waals surface area contributed by atoms with E-state index in [2.05, 4.69) is 4.98 Å². The lowest BCUT2D eigenvalue weighted by Crippen LogP contribution is -2.15. The molecule has 3 rings (SSSR count). The van der Waals surface area contributed by atoms with Gasteiger partial charge < -0.3 is 15.2 Å². The van der Waals surface area contributed by atoms with Gasteiger partial charge in [-0.1, -0.05) is 36.4 Å². The van der Waals surface area contributed by atoms with Gasteiger partial charge in [-0.3, -0.25) is 4.79 Å². The summed E-state index contributed by atoms with van der Waals surface area (Å²) in [5.74, 6) is -1.26. The highest BCUT2D eigenvalue weighted by atomic mass is 16.4. The van der Waals surface area contributed by atoms with Gasteiger partial charge in [-0.05, 0) is 17.2 Å². The lowest BCUT2D eigenvalue weighted by molar-refractivity contribution is 0.0695. The van der Waals surface area contributed by atoms with Gasteiger partial charge in [-0.25, -0.2) is 4.79 Å². The molecule has 1 aromatic heterocycles. The van der Waals surface area contributed by atoms with E-state index in [1.165, 1.54) is 6.20 Å². The predicted octanol–water partition coefficient (Wildman–Crippen LogP) is 2.39. The van der Waals surface area contributed by atoms with Crippen molar-refractivity contribution in [2.24, 2.45) is 0 Å². The van der Waals surface area contributed by atoms with Gasteiger partial charge in [-0.2, -0.15) is 0 Å². The summed E-state index contributed by atoms with van der Waals surface area (Å²) in [5, 5.41) is 18.8. The second-order valence-corrected chi connectivity index (χ2v) is 4.88. The zero-order valence-electron chi connectivity index (χ0n) is 11.5. The average molecular weight is 295 g/mol. The van der Waals surface area contributed by atoms with Gasteiger partial charge in [-0.15, -0.1) is 0 Å². The van der Waals surface area contributed by atoms with E-state index < -0.39 is 11.4 Å². The molecule has 2 aromatic carbocycles. The van der Waals surface area contributed by atoms with Gasteiger partial charge in [0.1, 0.15) is 5.56 Å². The summed E-state index contributed by atoms with van der Waals surface area (Å²) in [5.41, 5.74) is 2.02. The third-order valence-corrected chi connectivity index (χ3v) is 3.62. The standard InChI is InChI=1S/C17H13NO4/c19-9-10-4-1-2-5-11(10)12-6-3-7-13-15(12)18-8-14(16(13)20)17(21)22/h1-8,19H,9H2,(H,18,20)(H,21,22). The van der Waals surface area contributed by atoms with Crippen LogP contribution in [0.25, 0.3) is 22.0 Å². The smallest absolute Gasteiger partial charge is 0.341 e. The molecule has 0 saturated carbocycles. The number of pyridine rings is 1. The van der Waals surface area contributed by atoms with Crippen LogP contribution in [0.3, 0.4) is 0 Å². The number of carbonyl (C=O) groups is 1. The summed E-state index contributed by atoms with van der Waals surface area (Å²) in [4.78, 5) is 26.2. The normalized spacial score (nSPS) is 10.8. The summed E-state index contributed by atoms with van der Waals surface area (Å²) in [6.07, 6.45) is 1.21. The number of hydrogen-bond donors (Lipinski definition) is 3. The number of aromatic nitrogens is 1. The van der Waals surface area contributed by atoms with E-state index in [4.69, 9.17) is 5.11 Å². The third kappa shape index (κ3) is 2.17. The number of fused-ring (bicyclic) bond motifs is 1. The number of hydrogen-bond acceptors (Lipinski definition) is 3. The number of aliphatic hydroxyl groups excluding tert-OH is 1. The Morgan fingerprint density at radius 1 is 1.05 bits per heavy atom. The van der Waals surface area contributed by atoms with E-state index in [-0.39, 0.29) is 12.2 Å². The monoisotopic (exact) mass is 295 g/mol. The number of aliphatic hydroxyl groups is 1. The number of benzene rings is 2. The van der Waals surface area contributed by atoms with Crippen molar-refractivity contribution in [1.82, 2.24) is 4.98 Å². The van der Waals surface area contributed by atoms with Crippen LogP contribution in [0.15, 0.2) is 53.5 Å². The maximum atomic E-state index is 12.3. The van der Waals surface area contributed by atoms with Gasteiger partial charge in [0.25, 0.3) is 0 Å². The fourth-order valence-corrected chi connectivity index (χ4v) is 2.56. The third-order valence-electron chi connectivity index (χ3n) is 3.62. The largest absolute Gasteiger partial charge is 0.477 e. The first-order valence-electron chi connectivity index (χ1n) is 6.70. The number of para-hydroxylation sites is 1. The number of H-pyrrole nitrogens is 1. The first-order valence-corrected chi connectivity index (χ1v) is 6.70. The Hall–Kier alpha value is -2.92. The lowest BCUT2D eigenvalue weighted by atomic mass is 9.97. The quantitative estimate of drug-likeness (QED) is 0.692. The van der Waals surface area contributed by atoms with E-state index in [9.17, 15) is 14.7 Å². The summed E-state index contributed by atoms with van der Waals surface area (Å²) >= 11 is 0. The number of aromatic carboxylic acids is 1. The Kier molecular flexibility index (Phi) is 3.48. The molecule has 0 spiro atoms. The van der Waals surface area contributed by atoms with Crippen LogP contribution in [0.2, 0.25) is 0 Å². The molecule has 0 amide bonds. The van der Waals surface area contributed by atoms with Crippen LogP contribution in [0.5, 0.6) is 0 Å². The van der Waals surface area contributed by atoms with E-state index in [1.807, 2.05) is 24.3 Å². The molecular formula is C17H13NO4. The van der Waals surface area contributed by atoms with E-state index in [0.29, 0.717) is 10.9 Å². The highest BCUT2D eigenvalue weighted by molar-refractivity contribution is 5.98. The molecule has 0 radical (unpaired) electrons. The molecule has 0 fully saturated rings. The molecule has 3 aromatic rings. The SMILES string of the molecule is O=C(O)c1c[nH]c2c(-c3ccccc3CO)cccc2c1=O. The number of rotatable bonds is 3. The first-order chi connectivity index (χ1) is 10.6. The molecular weight excluding hydrogens is 282 g/mol. The number of nitrogens with one attached hydrogen (secondary N) is 1. The molecule has 0 bridgehead atoms. The van der Waals surface area contributed by atoms with Gasteiger partial charge in [0, 0.05) is 17.1 Å². The molecule has 0 aliphatic carbocycles. The average Bonchev–Trinajstić information content (AvgIpc) is 2.54. The molecule has 0 saturated heterocycles. The predicted molar refractivity (Wildman–Crippen MR) is 82.9 cm³/mol. The number of carboxylic acids is 1. The first kappa shape index (κ1) is 14.0. The second-order valence-electron chi connectivity index (χ2n) is 4.88. The molecule has 5 nitrogen and oxygen atoms in total. The highest BCUT2D eigenvalue weighted by Gasteiger charge is 2.14. The van der Waals surface area contributed by atoms with Crippen molar-refractivity contribution >= 4 is 16.9 Å². The van der Waals surface area contributed by atoms with Crippen LogP contribution in [0, 0.1) is 0 Å². The molecule has 1 heterocycles. The molecule has 110 valence electrons. The zero-order chi connectivity index (χ0) is 15.7. The fraction of sp³-hybridized carbons (Fsp3) is 0.0588. The van der Waals surface area contributed by atoms with Crippen molar-refractivity contribution < 1.29 is 15.0 Å². The van der Waals surface area contributed by atoms with Crippen LogP contribution < -0.4 is 5.43 Å². The molecule has 0 aliphatic rings. The van der Waals surface area contributed by atoms with Crippen molar-refractivity contribution in [2.45, 2.75) is 6.61 Å². The molecule has 5 heteroatoms. The molecule has 0 atom stereocenters. The summed E-state index contributed by atoms with van der Waals surface area (Å²) < 4.78 is 0. The maximum Gasteiger partial charge on any atom is 0.341 e. The van der Waals surface area contributed by atoms with Crippen molar-refractivity contribution in [3.05, 3.63) is 70.0 Å². The Bertz CT molecular complexity index is 927. The Labute approximate surface area is 125 Å². The van der Waals surface area contributed by atoms with Crippen LogP contribution in [0.1, 0.15) is 15.9 Å². The van der Waals surface area contributed by atoms with Crippen LogP contribution in [-0.4, -0.2) is 21.2 Å². The highest BCUT2D eigenvalue weighted by Crippen LogP contribution is 2.28. The maximum absolute atomic E-state index is 12.3. The minimum atomic E-state index is -1.26. The van der Waals surface area contributed by atoms with E-state index in [0.717, 1.165) is 16.7 Å². The van der Waals surface area contributed by atoms with E-state index in [1.54, 1.807) is 18.2 Å². The number of carboxylic acid groups (broad SMARTS) is 1. The second kappa shape index (κ2) is 5.46. The Morgan fingerprint density at radius 3 is 2.50 bits per heavy atom. The van der Waals surface area contributed by atoms with Crippen LogP contribution >= 0.6 is 0 Å².